The fraction of sp³-hybridized carbons (Fsp3) is 0.643. The zero-order valence-electron chi connectivity index (χ0n) is 12.5. The van der Waals surface area contributed by atoms with Gasteiger partial charge in [-0.2, -0.15) is 0 Å². The molecule has 0 saturated heterocycles. The van der Waals surface area contributed by atoms with E-state index in [9.17, 15) is 15.0 Å². The van der Waals surface area contributed by atoms with Gasteiger partial charge < -0.3 is 25.4 Å². The van der Waals surface area contributed by atoms with Crippen LogP contribution in [0.3, 0.4) is 0 Å². The lowest BCUT2D eigenvalue weighted by molar-refractivity contribution is 0.0116. The lowest BCUT2D eigenvalue weighted by Gasteiger charge is -2.21. The van der Waals surface area contributed by atoms with E-state index in [-0.39, 0.29) is 19.6 Å². The van der Waals surface area contributed by atoms with Crippen LogP contribution < -0.4 is 5.32 Å². The van der Waals surface area contributed by atoms with Crippen LogP contribution in [0.4, 0.5) is 4.79 Å². The number of carbonyl (C=O) groups excluding carboxylic acids is 1. The molecule has 120 valence electrons. The third kappa shape index (κ3) is 6.01. The normalized spacial score (nSPS) is 14.6. The molecule has 1 amide bonds. The van der Waals surface area contributed by atoms with Gasteiger partial charge in [-0.3, -0.25) is 0 Å². The predicted molar refractivity (Wildman–Crippen MR) is 80.1 cm³/mol. The summed E-state index contributed by atoms with van der Waals surface area (Å²) in [7, 11) is 0. The summed E-state index contributed by atoms with van der Waals surface area (Å²) in [6, 6.07) is 1.67. The number of rotatable bonds is 6. The second kappa shape index (κ2) is 7.74. The molecule has 1 heterocycles. The zero-order valence-corrected chi connectivity index (χ0v) is 13.3. The Bertz CT molecular complexity index is 454. The fourth-order valence-electron chi connectivity index (χ4n) is 1.74. The molecule has 6 nitrogen and oxygen atoms in total. The molecule has 0 radical (unpaired) electrons. The second-order valence-electron chi connectivity index (χ2n) is 5.69. The number of hydrogen-bond acceptors (Lipinski definition) is 6. The molecule has 1 aromatic rings. The quantitative estimate of drug-likeness (QED) is 0.638. The van der Waals surface area contributed by atoms with E-state index >= 15 is 0 Å². The molecule has 0 aromatic carbocycles. The first kappa shape index (κ1) is 17.9. The highest BCUT2D eigenvalue weighted by Gasteiger charge is 2.22. The molecule has 0 aliphatic heterocycles. The van der Waals surface area contributed by atoms with E-state index in [0.717, 1.165) is 0 Å². The van der Waals surface area contributed by atoms with Crippen molar-refractivity contribution in [3.8, 4) is 0 Å². The highest BCUT2D eigenvalue weighted by Crippen LogP contribution is 2.26. The van der Waals surface area contributed by atoms with Gasteiger partial charge >= 0.3 is 6.09 Å². The van der Waals surface area contributed by atoms with Crippen LogP contribution in [0.5, 0.6) is 0 Å². The SMILES string of the molecule is CC(C)(C)OC(=O)NCCC(O)C(O)c1ccsc1CO. The van der Waals surface area contributed by atoms with Gasteiger partial charge in [0.15, 0.2) is 0 Å². The maximum Gasteiger partial charge on any atom is 0.407 e. The fourth-order valence-corrected chi connectivity index (χ4v) is 2.52. The summed E-state index contributed by atoms with van der Waals surface area (Å²) in [5.41, 5.74) is -0.0539. The van der Waals surface area contributed by atoms with Crippen molar-refractivity contribution in [1.29, 1.82) is 0 Å². The average Bonchev–Trinajstić information content (AvgIpc) is 2.83. The molecule has 0 spiro atoms. The van der Waals surface area contributed by atoms with Crippen LogP contribution in [0.2, 0.25) is 0 Å². The first-order chi connectivity index (χ1) is 9.74. The van der Waals surface area contributed by atoms with Gasteiger partial charge in [0.1, 0.15) is 11.7 Å². The molecule has 0 fully saturated rings. The van der Waals surface area contributed by atoms with Gasteiger partial charge in [-0.15, -0.1) is 11.3 Å². The van der Waals surface area contributed by atoms with E-state index < -0.39 is 23.9 Å². The summed E-state index contributed by atoms with van der Waals surface area (Å²) < 4.78 is 5.06. The van der Waals surface area contributed by atoms with E-state index in [1.165, 1.54) is 11.3 Å². The summed E-state index contributed by atoms with van der Waals surface area (Å²) in [5.74, 6) is 0. The molecular formula is C14H23NO5S. The van der Waals surface area contributed by atoms with Crippen molar-refractivity contribution >= 4 is 17.4 Å². The highest BCUT2D eigenvalue weighted by molar-refractivity contribution is 7.10. The van der Waals surface area contributed by atoms with Crippen molar-refractivity contribution in [3.05, 3.63) is 21.9 Å². The Morgan fingerprint density at radius 2 is 2.10 bits per heavy atom. The molecule has 21 heavy (non-hydrogen) atoms. The Morgan fingerprint density at radius 3 is 2.67 bits per heavy atom. The summed E-state index contributed by atoms with van der Waals surface area (Å²) in [6.07, 6.45) is -2.49. The average molecular weight is 317 g/mol. The van der Waals surface area contributed by atoms with E-state index in [0.29, 0.717) is 10.4 Å². The summed E-state index contributed by atoms with van der Waals surface area (Å²) in [4.78, 5) is 12.1. The smallest absolute Gasteiger partial charge is 0.407 e. The minimum Gasteiger partial charge on any atom is -0.444 e. The monoisotopic (exact) mass is 317 g/mol. The number of aliphatic hydroxyl groups is 3. The maximum absolute atomic E-state index is 11.4. The standard InChI is InChI=1S/C14H23NO5S/c1-14(2,3)20-13(19)15-6-4-10(17)12(18)9-5-7-21-11(9)8-16/h5,7,10,12,16-18H,4,6,8H2,1-3H3,(H,15,19). The van der Waals surface area contributed by atoms with Gasteiger partial charge in [-0.25, -0.2) is 4.79 Å². The van der Waals surface area contributed by atoms with Crippen LogP contribution >= 0.6 is 11.3 Å². The molecule has 0 aliphatic carbocycles. The third-order valence-electron chi connectivity index (χ3n) is 2.71. The number of thiophene rings is 1. The minimum absolute atomic E-state index is 0.174. The van der Waals surface area contributed by atoms with Crippen LogP contribution in [0.25, 0.3) is 0 Å². The van der Waals surface area contributed by atoms with Gasteiger partial charge in [0, 0.05) is 11.4 Å². The third-order valence-corrected chi connectivity index (χ3v) is 3.64. The Hall–Kier alpha value is -1.15. The number of nitrogens with one attached hydrogen (secondary N) is 1. The van der Waals surface area contributed by atoms with Crippen LogP contribution in [-0.4, -0.2) is 39.7 Å². The maximum atomic E-state index is 11.4. The molecule has 0 aliphatic rings. The van der Waals surface area contributed by atoms with Crippen molar-refractivity contribution in [2.75, 3.05) is 6.54 Å². The Labute approximate surface area is 128 Å². The largest absolute Gasteiger partial charge is 0.444 e. The van der Waals surface area contributed by atoms with Gasteiger partial charge in [0.2, 0.25) is 0 Å². The predicted octanol–water partition coefficient (Wildman–Crippen LogP) is 1.55. The van der Waals surface area contributed by atoms with Crippen molar-refractivity contribution in [3.63, 3.8) is 0 Å². The number of carbonyl (C=O) groups is 1. The number of hydrogen-bond donors (Lipinski definition) is 4. The minimum atomic E-state index is -1.08. The molecule has 1 rings (SSSR count). The van der Waals surface area contributed by atoms with E-state index in [2.05, 4.69) is 5.32 Å². The second-order valence-corrected chi connectivity index (χ2v) is 6.69. The molecular weight excluding hydrogens is 294 g/mol. The van der Waals surface area contributed by atoms with Crippen molar-refractivity contribution in [2.45, 2.75) is 51.6 Å². The molecule has 0 bridgehead atoms. The lowest BCUT2D eigenvalue weighted by atomic mass is 10.0. The van der Waals surface area contributed by atoms with Crippen LogP contribution in [0.15, 0.2) is 11.4 Å². The number of ether oxygens (including phenoxy) is 1. The summed E-state index contributed by atoms with van der Waals surface area (Å²) >= 11 is 1.32. The number of amides is 1. The van der Waals surface area contributed by atoms with Crippen molar-refractivity contribution in [1.82, 2.24) is 5.32 Å². The van der Waals surface area contributed by atoms with Crippen LogP contribution in [-0.2, 0) is 11.3 Å². The van der Waals surface area contributed by atoms with Crippen LogP contribution in [0.1, 0.15) is 43.7 Å². The summed E-state index contributed by atoms with van der Waals surface area (Å²) in [6.45, 7) is 5.30. The number of aliphatic hydroxyl groups excluding tert-OH is 3. The molecule has 0 saturated carbocycles. The van der Waals surface area contributed by atoms with E-state index in [1.807, 2.05) is 0 Å². The molecule has 2 unspecified atom stereocenters. The number of alkyl carbamates (subject to hydrolysis) is 1. The first-order valence-electron chi connectivity index (χ1n) is 6.74. The lowest BCUT2D eigenvalue weighted by Crippen LogP contribution is -2.34. The van der Waals surface area contributed by atoms with Crippen molar-refractivity contribution in [2.24, 2.45) is 0 Å². The molecule has 4 N–H and O–H groups in total. The zero-order chi connectivity index (χ0) is 16.0. The summed E-state index contributed by atoms with van der Waals surface area (Å²) in [5, 5.41) is 33.4. The Kier molecular flexibility index (Phi) is 6.60. The van der Waals surface area contributed by atoms with Gasteiger partial charge in [0.25, 0.3) is 0 Å². The molecule has 2 atom stereocenters. The van der Waals surface area contributed by atoms with E-state index in [4.69, 9.17) is 9.84 Å². The Morgan fingerprint density at radius 1 is 1.43 bits per heavy atom. The highest BCUT2D eigenvalue weighted by atomic mass is 32.1. The van der Waals surface area contributed by atoms with Gasteiger partial charge in [-0.05, 0) is 44.2 Å². The van der Waals surface area contributed by atoms with Gasteiger partial charge in [-0.1, -0.05) is 0 Å². The van der Waals surface area contributed by atoms with Crippen molar-refractivity contribution < 1.29 is 24.9 Å². The molecule has 1 aromatic heterocycles. The molecule has 7 heteroatoms. The van der Waals surface area contributed by atoms with Crippen LogP contribution in [0, 0.1) is 0 Å². The topological polar surface area (TPSA) is 99.0 Å². The van der Waals surface area contributed by atoms with Gasteiger partial charge in [0.05, 0.1) is 12.7 Å². The Balaban J connectivity index is 2.40. The van der Waals surface area contributed by atoms with E-state index in [1.54, 1.807) is 32.2 Å². The first-order valence-corrected chi connectivity index (χ1v) is 7.62.